The summed E-state index contributed by atoms with van der Waals surface area (Å²) in [5, 5.41) is 3.14. The zero-order valence-corrected chi connectivity index (χ0v) is 20.3. The first-order valence-electron chi connectivity index (χ1n) is 11.7. The van der Waals surface area contributed by atoms with Gasteiger partial charge in [0.25, 0.3) is 7.52 Å². The van der Waals surface area contributed by atoms with Crippen LogP contribution in [0.2, 0.25) is 0 Å². The molecule has 0 spiro atoms. The van der Waals surface area contributed by atoms with Gasteiger partial charge in [0.05, 0.1) is 11.8 Å². The number of nitrogens with zero attached hydrogens (tertiary/aromatic N) is 2. The Hall–Kier alpha value is 0.0700. The number of nitrogens with one attached hydrogen (secondary N) is 1. The summed E-state index contributed by atoms with van der Waals surface area (Å²) >= 11 is 0. The van der Waals surface area contributed by atoms with E-state index in [-0.39, 0.29) is 10.6 Å². The van der Waals surface area contributed by atoms with Crippen molar-refractivity contribution in [2.24, 2.45) is 5.41 Å². The number of hydrogen-bond acceptors (Lipinski definition) is 4. The third kappa shape index (κ3) is 5.60. The monoisotopic (exact) mass is 415 g/mol. The smallest absolute Gasteiger partial charge is 0.277 e. The molecule has 0 saturated carbocycles. The van der Waals surface area contributed by atoms with Crippen molar-refractivity contribution in [3.63, 3.8) is 0 Å². The molecular weight excluding hydrogens is 369 g/mol. The van der Waals surface area contributed by atoms with Gasteiger partial charge in [-0.05, 0) is 64.5 Å². The Bertz CT molecular complexity index is 514. The minimum Gasteiger partial charge on any atom is -0.317 e. The van der Waals surface area contributed by atoms with Crippen molar-refractivity contribution in [1.82, 2.24) is 14.9 Å². The fraction of sp³-hybridized carbons (Fsp3) is 1.00. The molecule has 6 heteroatoms. The van der Waals surface area contributed by atoms with E-state index in [0.717, 1.165) is 65.0 Å². The number of rotatable bonds is 10. The molecule has 166 valence electrons. The standard InChI is InChI=1S/C22H46N3O2P/c1-7-12-22(6,9-3)19-27-28(26,21(4,5)8-2)25-17-15-24(16-18-25)20-10-13-23-14-11-20/h20,23H,7-19H2,1-6H3. The summed E-state index contributed by atoms with van der Waals surface area (Å²) < 4.78 is 23.0. The van der Waals surface area contributed by atoms with E-state index in [2.05, 4.69) is 56.4 Å². The van der Waals surface area contributed by atoms with Gasteiger partial charge >= 0.3 is 0 Å². The SMILES string of the molecule is CCCC(C)(CC)COP(=O)(N1CCN(C2CCNCC2)CC1)C(C)(C)CC. The summed E-state index contributed by atoms with van der Waals surface area (Å²) in [6.07, 6.45) is 6.68. The lowest BCUT2D eigenvalue weighted by atomic mass is 9.84. The minimum absolute atomic E-state index is 0.116. The molecule has 2 aliphatic rings. The minimum atomic E-state index is -2.90. The van der Waals surface area contributed by atoms with Gasteiger partial charge in [-0.3, -0.25) is 9.46 Å². The van der Waals surface area contributed by atoms with Gasteiger partial charge in [0.1, 0.15) is 0 Å². The van der Waals surface area contributed by atoms with Crippen LogP contribution in [0.4, 0.5) is 0 Å². The molecule has 0 aliphatic carbocycles. The van der Waals surface area contributed by atoms with Crippen LogP contribution in [0.5, 0.6) is 0 Å². The van der Waals surface area contributed by atoms with E-state index < -0.39 is 7.52 Å². The summed E-state index contributed by atoms with van der Waals surface area (Å²) in [5.74, 6) is 0. The highest BCUT2D eigenvalue weighted by Crippen LogP contribution is 2.63. The second-order valence-corrected chi connectivity index (χ2v) is 12.9. The Kier molecular flexibility index (Phi) is 9.04. The predicted molar refractivity (Wildman–Crippen MR) is 120 cm³/mol. The van der Waals surface area contributed by atoms with Crippen molar-refractivity contribution in [2.75, 3.05) is 45.9 Å². The van der Waals surface area contributed by atoms with Crippen LogP contribution >= 0.6 is 7.52 Å². The molecule has 0 aromatic rings. The zero-order valence-electron chi connectivity index (χ0n) is 19.4. The molecular formula is C22H46N3O2P. The normalized spacial score (nSPS) is 25.4. The van der Waals surface area contributed by atoms with Crippen molar-refractivity contribution in [3.8, 4) is 0 Å². The maximum atomic E-state index is 14.3. The largest absolute Gasteiger partial charge is 0.317 e. The highest BCUT2D eigenvalue weighted by atomic mass is 31.2. The van der Waals surface area contributed by atoms with Gasteiger partial charge in [-0.1, -0.05) is 34.1 Å². The van der Waals surface area contributed by atoms with Gasteiger partial charge < -0.3 is 9.84 Å². The van der Waals surface area contributed by atoms with E-state index in [4.69, 9.17) is 4.52 Å². The third-order valence-electron chi connectivity index (χ3n) is 7.41. The Balaban J connectivity index is 2.07. The van der Waals surface area contributed by atoms with Crippen molar-refractivity contribution < 1.29 is 9.09 Å². The zero-order chi connectivity index (χ0) is 20.8. The average Bonchev–Trinajstić information content (AvgIpc) is 2.73. The molecule has 1 N–H and O–H groups in total. The second kappa shape index (κ2) is 10.4. The van der Waals surface area contributed by atoms with Crippen LogP contribution in [-0.4, -0.2) is 66.6 Å². The number of piperazine rings is 1. The fourth-order valence-corrected chi connectivity index (χ4v) is 7.42. The molecule has 0 aromatic carbocycles. The first-order valence-corrected chi connectivity index (χ1v) is 13.2. The molecule has 2 rings (SSSR count). The molecule has 2 atom stereocenters. The molecule has 0 radical (unpaired) electrons. The van der Waals surface area contributed by atoms with Gasteiger partial charge in [0.15, 0.2) is 0 Å². The van der Waals surface area contributed by atoms with E-state index in [1.165, 1.54) is 12.8 Å². The Morgan fingerprint density at radius 2 is 1.61 bits per heavy atom. The summed E-state index contributed by atoms with van der Waals surface area (Å²) in [7, 11) is -2.90. The van der Waals surface area contributed by atoms with Gasteiger partial charge in [0.2, 0.25) is 0 Å². The number of piperidine rings is 1. The number of hydrogen-bond donors (Lipinski definition) is 1. The van der Waals surface area contributed by atoms with Crippen molar-refractivity contribution in [3.05, 3.63) is 0 Å². The highest BCUT2D eigenvalue weighted by molar-refractivity contribution is 7.58. The van der Waals surface area contributed by atoms with Crippen LogP contribution in [0, 0.1) is 5.41 Å². The molecule has 2 heterocycles. The topological polar surface area (TPSA) is 44.8 Å². The van der Waals surface area contributed by atoms with E-state index in [1.54, 1.807) is 0 Å². The van der Waals surface area contributed by atoms with Crippen molar-refractivity contribution in [2.45, 2.75) is 91.3 Å². The molecule has 0 amide bonds. The summed E-state index contributed by atoms with van der Waals surface area (Å²) in [4.78, 5) is 2.62. The van der Waals surface area contributed by atoms with Gasteiger partial charge in [-0.25, -0.2) is 4.67 Å². The van der Waals surface area contributed by atoms with Crippen molar-refractivity contribution in [1.29, 1.82) is 0 Å². The summed E-state index contributed by atoms with van der Waals surface area (Å²) in [6, 6.07) is 0.691. The quantitative estimate of drug-likeness (QED) is 0.510. The molecule has 2 fully saturated rings. The molecule has 0 bridgehead atoms. The van der Waals surface area contributed by atoms with Crippen LogP contribution < -0.4 is 5.32 Å². The Morgan fingerprint density at radius 1 is 1.00 bits per heavy atom. The van der Waals surface area contributed by atoms with E-state index in [0.29, 0.717) is 12.6 Å². The van der Waals surface area contributed by atoms with E-state index in [9.17, 15) is 4.57 Å². The van der Waals surface area contributed by atoms with Crippen LogP contribution in [-0.2, 0) is 9.09 Å². The lowest BCUT2D eigenvalue weighted by Gasteiger charge is -2.47. The van der Waals surface area contributed by atoms with Crippen LogP contribution in [0.15, 0.2) is 0 Å². The second-order valence-electron chi connectivity index (χ2n) is 9.84. The Labute approximate surface area is 174 Å². The van der Waals surface area contributed by atoms with Crippen LogP contribution in [0.25, 0.3) is 0 Å². The van der Waals surface area contributed by atoms with Crippen molar-refractivity contribution >= 4 is 7.52 Å². The fourth-order valence-electron chi connectivity index (χ4n) is 4.55. The molecule has 28 heavy (non-hydrogen) atoms. The first kappa shape index (κ1) is 24.3. The van der Waals surface area contributed by atoms with Gasteiger partial charge in [-0.2, -0.15) is 0 Å². The van der Waals surface area contributed by atoms with E-state index >= 15 is 0 Å². The average molecular weight is 416 g/mol. The summed E-state index contributed by atoms with van der Waals surface area (Å²) in [5.41, 5.74) is 0.116. The van der Waals surface area contributed by atoms with Gasteiger partial charge in [-0.15, -0.1) is 0 Å². The lowest BCUT2D eigenvalue weighted by molar-refractivity contribution is 0.0897. The lowest BCUT2D eigenvalue weighted by Crippen LogP contribution is -2.53. The van der Waals surface area contributed by atoms with Crippen LogP contribution in [0.3, 0.4) is 0 Å². The highest BCUT2D eigenvalue weighted by Gasteiger charge is 2.47. The molecule has 2 unspecified atom stereocenters. The first-order chi connectivity index (χ1) is 13.2. The maximum absolute atomic E-state index is 14.3. The molecule has 5 nitrogen and oxygen atoms in total. The molecule has 2 aliphatic heterocycles. The third-order valence-corrected chi connectivity index (χ3v) is 10.9. The van der Waals surface area contributed by atoms with Gasteiger partial charge in [0, 0.05) is 32.2 Å². The maximum Gasteiger partial charge on any atom is 0.277 e. The predicted octanol–water partition coefficient (Wildman–Crippen LogP) is 4.97. The molecule has 2 saturated heterocycles. The Morgan fingerprint density at radius 3 is 2.11 bits per heavy atom. The van der Waals surface area contributed by atoms with Crippen LogP contribution in [0.1, 0.15) is 80.1 Å². The molecule has 0 aromatic heterocycles. The summed E-state index contributed by atoms with van der Waals surface area (Å²) in [6.45, 7) is 19.8. The van der Waals surface area contributed by atoms with E-state index in [1.807, 2.05) is 0 Å².